The van der Waals surface area contributed by atoms with Gasteiger partial charge in [-0.2, -0.15) is 0 Å². The number of hydrogen-bond donors (Lipinski definition) is 2. The van der Waals surface area contributed by atoms with E-state index in [4.69, 9.17) is 28.9 Å². The highest BCUT2D eigenvalue weighted by Crippen LogP contribution is 2.23. The van der Waals surface area contributed by atoms with E-state index in [9.17, 15) is 4.79 Å². The predicted molar refractivity (Wildman–Crippen MR) is 80.0 cm³/mol. The topological polar surface area (TPSA) is 55.1 Å². The van der Waals surface area contributed by atoms with E-state index in [1.54, 1.807) is 36.4 Å². The molecule has 2 aromatic carbocycles. The van der Waals surface area contributed by atoms with Crippen molar-refractivity contribution in [3.8, 4) is 0 Å². The molecule has 0 heterocycles. The molecule has 98 valence electrons. The van der Waals surface area contributed by atoms with Crippen LogP contribution in [0.4, 0.5) is 11.4 Å². The zero-order valence-corrected chi connectivity index (χ0v) is 11.7. The molecule has 0 spiro atoms. The smallest absolute Gasteiger partial charge is 0.255 e. The molecule has 2 aromatic rings. The van der Waals surface area contributed by atoms with E-state index in [1.807, 2.05) is 6.92 Å². The summed E-state index contributed by atoms with van der Waals surface area (Å²) in [6.07, 6.45) is 0. The Bertz CT molecular complexity index is 641. The Labute approximate surface area is 121 Å². The highest BCUT2D eigenvalue weighted by molar-refractivity contribution is 6.33. The van der Waals surface area contributed by atoms with Crippen LogP contribution in [0, 0.1) is 6.92 Å². The van der Waals surface area contributed by atoms with Crippen molar-refractivity contribution < 1.29 is 4.79 Å². The van der Waals surface area contributed by atoms with Crippen LogP contribution >= 0.6 is 23.2 Å². The molecule has 5 heteroatoms. The zero-order chi connectivity index (χ0) is 14.0. The molecule has 0 aliphatic rings. The molecule has 0 saturated heterocycles. The first-order chi connectivity index (χ1) is 8.97. The van der Waals surface area contributed by atoms with E-state index in [-0.39, 0.29) is 5.91 Å². The maximum atomic E-state index is 12.0. The summed E-state index contributed by atoms with van der Waals surface area (Å²) in [6.45, 7) is 1.88. The molecule has 0 unspecified atom stereocenters. The van der Waals surface area contributed by atoms with Gasteiger partial charge in [-0.1, -0.05) is 29.3 Å². The minimum absolute atomic E-state index is 0.247. The number of aryl methyl sites for hydroxylation is 1. The van der Waals surface area contributed by atoms with Crippen LogP contribution in [0.1, 0.15) is 15.9 Å². The first-order valence-corrected chi connectivity index (χ1v) is 6.35. The van der Waals surface area contributed by atoms with E-state index in [1.165, 1.54) is 0 Å². The number of nitrogens with two attached hydrogens (primary N) is 1. The largest absolute Gasteiger partial charge is 0.397 e. The van der Waals surface area contributed by atoms with Crippen LogP contribution in [0.3, 0.4) is 0 Å². The molecule has 1 amide bonds. The maximum Gasteiger partial charge on any atom is 0.255 e. The molecule has 2 rings (SSSR count). The Morgan fingerprint density at radius 1 is 1.11 bits per heavy atom. The number of halogens is 2. The van der Waals surface area contributed by atoms with Crippen molar-refractivity contribution >= 4 is 40.5 Å². The Kier molecular flexibility index (Phi) is 3.98. The third kappa shape index (κ3) is 3.19. The molecule has 0 bridgehead atoms. The molecule has 0 saturated carbocycles. The van der Waals surface area contributed by atoms with Crippen molar-refractivity contribution in [1.82, 2.24) is 0 Å². The predicted octanol–water partition coefficient (Wildman–Crippen LogP) is 4.14. The molecule has 19 heavy (non-hydrogen) atoms. The number of anilines is 2. The maximum absolute atomic E-state index is 12.0. The van der Waals surface area contributed by atoms with Gasteiger partial charge in [0.2, 0.25) is 0 Å². The summed E-state index contributed by atoms with van der Waals surface area (Å²) in [5, 5.41) is 3.75. The molecule has 0 aliphatic heterocycles. The molecule has 0 radical (unpaired) electrons. The number of amides is 1. The van der Waals surface area contributed by atoms with Crippen LogP contribution < -0.4 is 11.1 Å². The highest BCUT2D eigenvalue weighted by Gasteiger charge is 2.08. The van der Waals surface area contributed by atoms with E-state index < -0.39 is 0 Å². The van der Waals surface area contributed by atoms with Gasteiger partial charge in [-0.25, -0.2) is 0 Å². The van der Waals surface area contributed by atoms with Crippen molar-refractivity contribution in [2.24, 2.45) is 0 Å². The van der Waals surface area contributed by atoms with Crippen molar-refractivity contribution in [1.29, 1.82) is 0 Å². The summed E-state index contributed by atoms with van der Waals surface area (Å²) in [6, 6.07) is 10.1. The summed E-state index contributed by atoms with van der Waals surface area (Å²) in [7, 11) is 0. The lowest BCUT2D eigenvalue weighted by molar-refractivity contribution is 0.102. The fraction of sp³-hybridized carbons (Fsp3) is 0.0714. The average molecular weight is 295 g/mol. The summed E-state index contributed by atoms with van der Waals surface area (Å²) >= 11 is 11.8. The third-order valence-electron chi connectivity index (χ3n) is 2.69. The van der Waals surface area contributed by atoms with Gasteiger partial charge in [0, 0.05) is 16.3 Å². The van der Waals surface area contributed by atoms with E-state index in [0.29, 0.717) is 27.0 Å². The number of nitrogens with one attached hydrogen (secondary N) is 1. The van der Waals surface area contributed by atoms with Crippen molar-refractivity contribution in [3.63, 3.8) is 0 Å². The first-order valence-electron chi connectivity index (χ1n) is 5.60. The zero-order valence-electron chi connectivity index (χ0n) is 10.2. The summed E-state index contributed by atoms with van der Waals surface area (Å²) in [5.41, 5.74) is 8.09. The fourth-order valence-electron chi connectivity index (χ4n) is 1.56. The SMILES string of the molecule is Cc1ccc(C(=O)Nc2ccc(Cl)c(N)c2)cc1Cl. The van der Waals surface area contributed by atoms with Gasteiger partial charge in [-0.15, -0.1) is 0 Å². The van der Waals surface area contributed by atoms with Crippen LogP contribution in [0.25, 0.3) is 0 Å². The van der Waals surface area contributed by atoms with Crippen molar-refractivity contribution in [3.05, 3.63) is 57.6 Å². The Morgan fingerprint density at radius 3 is 2.47 bits per heavy atom. The van der Waals surface area contributed by atoms with Gasteiger partial charge >= 0.3 is 0 Å². The lowest BCUT2D eigenvalue weighted by Gasteiger charge is -2.08. The Morgan fingerprint density at radius 2 is 1.84 bits per heavy atom. The van der Waals surface area contributed by atoms with Crippen molar-refractivity contribution in [2.75, 3.05) is 11.1 Å². The van der Waals surface area contributed by atoms with Gasteiger partial charge in [0.1, 0.15) is 0 Å². The second kappa shape index (κ2) is 5.51. The van der Waals surface area contributed by atoms with Crippen LogP contribution in [0.15, 0.2) is 36.4 Å². The van der Waals surface area contributed by atoms with Gasteiger partial charge in [-0.05, 0) is 42.8 Å². The quantitative estimate of drug-likeness (QED) is 0.818. The second-order valence-corrected chi connectivity index (χ2v) is 4.97. The number of nitrogen functional groups attached to an aromatic ring is 1. The van der Waals surface area contributed by atoms with Gasteiger partial charge in [-0.3, -0.25) is 4.79 Å². The summed E-state index contributed by atoms with van der Waals surface area (Å²) in [4.78, 5) is 12.0. The van der Waals surface area contributed by atoms with Crippen LogP contribution in [0.2, 0.25) is 10.0 Å². The molecule has 3 N–H and O–H groups in total. The molecule has 0 atom stereocenters. The van der Waals surface area contributed by atoms with Crippen LogP contribution in [0.5, 0.6) is 0 Å². The molecular weight excluding hydrogens is 283 g/mol. The average Bonchev–Trinajstić information content (AvgIpc) is 2.37. The minimum Gasteiger partial charge on any atom is -0.397 e. The first kappa shape index (κ1) is 13.7. The standard InChI is InChI=1S/C14H12Cl2N2O/c1-8-2-3-9(6-12(8)16)14(19)18-10-4-5-11(15)13(17)7-10/h2-7H,17H2,1H3,(H,18,19). The van der Waals surface area contributed by atoms with Gasteiger partial charge in [0.25, 0.3) is 5.91 Å². The normalized spacial score (nSPS) is 10.3. The molecule has 0 aliphatic carbocycles. The van der Waals surface area contributed by atoms with Crippen molar-refractivity contribution in [2.45, 2.75) is 6.92 Å². The Hall–Kier alpha value is -1.71. The van der Waals surface area contributed by atoms with Gasteiger partial charge in [0.15, 0.2) is 0 Å². The number of carbonyl (C=O) groups is 1. The summed E-state index contributed by atoms with van der Waals surface area (Å²) < 4.78 is 0. The number of benzene rings is 2. The van der Waals surface area contributed by atoms with Crippen LogP contribution in [-0.4, -0.2) is 5.91 Å². The summed E-state index contributed by atoms with van der Waals surface area (Å²) in [5.74, 6) is -0.247. The lowest BCUT2D eigenvalue weighted by atomic mass is 10.1. The third-order valence-corrected chi connectivity index (χ3v) is 3.44. The molecular formula is C14H12Cl2N2O. The number of rotatable bonds is 2. The fourth-order valence-corrected chi connectivity index (χ4v) is 1.86. The molecule has 0 aromatic heterocycles. The van der Waals surface area contributed by atoms with Gasteiger partial charge < -0.3 is 11.1 Å². The van der Waals surface area contributed by atoms with Gasteiger partial charge in [0.05, 0.1) is 10.7 Å². The van der Waals surface area contributed by atoms with E-state index in [2.05, 4.69) is 5.32 Å². The number of carbonyl (C=O) groups excluding carboxylic acids is 1. The van der Waals surface area contributed by atoms with E-state index in [0.717, 1.165) is 5.56 Å². The monoisotopic (exact) mass is 294 g/mol. The van der Waals surface area contributed by atoms with E-state index >= 15 is 0 Å². The Balaban J connectivity index is 2.20. The number of hydrogen-bond acceptors (Lipinski definition) is 2. The lowest BCUT2D eigenvalue weighted by Crippen LogP contribution is -2.12. The molecule has 0 fully saturated rings. The molecule has 3 nitrogen and oxygen atoms in total. The minimum atomic E-state index is -0.247. The highest BCUT2D eigenvalue weighted by atomic mass is 35.5. The second-order valence-electron chi connectivity index (χ2n) is 4.15. The van der Waals surface area contributed by atoms with Crippen LogP contribution in [-0.2, 0) is 0 Å².